The van der Waals surface area contributed by atoms with Crippen LogP contribution in [0.2, 0.25) is 0 Å². The van der Waals surface area contributed by atoms with Crippen LogP contribution in [-0.2, 0) is 6.54 Å². The zero-order valence-corrected chi connectivity index (χ0v) is 11.1. The van der Waals surface area contributed by atoms with Crippen molar-refractivity contribution in [2.75, 3.05) is 13.6 Å². The van der Waals surface area contributed by atoms with Gasteiger partial charge in [-0.05, 0) is 32.4 Å². The number of hydrogen-bond donors (Lipinski definition) is 1. The minimum atomic E-state index is 0.0533. The summed E-state index contributed by atoms with van der Waals surface area (Å²) in [6.45, 7) is 6.52. The molecule has 4 nitrogen and oxygen atoms in total. The van der Waals surface area contributed by atoms with Gasteiger partial charge in [-0.25, -0.2) is 4.98 Å². The molecule has 0 amide bonds. The first-order valence-electron chi connectivity index (χ1n) is 6.55. The summed E-state index contributed by atoms with van der Waals surface area (Å²) >= 11 is 0. The van der Waals surface area contributed by atoms with Crippen LogP contribution in [0.3, 0.4) is 0 Å². The highest BCUT2D eigenvalue weighted by atomic mass is 15.2. The van der Waals surface area contributed by atoms with E-state index in [0.29, 0.717) is 12.0 Å². The van der Waals surface area contributed by atoms with E-state index in [4.69, 9.17) is 5.73 Å². The fourth-order valence-corrected chi connectivity index (χ4v) is 2.44. The van der Waals surface area contributed by atoms with E-state index in [1.807, 2.05) is 6.33 Å². The molecule has 2 rings (SSSR count). The van der Waals surface area contributed by atoms with Gasteiger partial charge in [-0.2, -0.15) is 0 Å². The van der Waals surface area contributed by atoms with E-state index in [0.717, 1.165) is 12.2 Å². The molecule has 1 fully saturated rings. The Balaban J connectivity index is 1.98. The van der Waals surface area contributed by atoms with Gasteiger partial charge in [0.25, 0.3) is 0 Å². The van der Waals surface area contributed by atoms with Crippen molar-refractivity contribution >= 4 is 0 Å². The van der Waals surface area contributed by atoms with Gasteiger partial charge in [0, 0.05) is 18.8 Å². The predicted octanol–water partition coefficient (Wildman–Crippen LogP) is 1.63. The standard InChI is InChI=1S/C13H24N4/c1-10(2)13(14)12-8-17(9-15-12)7-11-5-4-6-16(11)3/h8-11,13H,4-7,14H2,1-3H3/t11-,13?/m0/s1. The minimum absolute atomic E-state index is 0.0533. The van der Waals surface area contributed by atoms with Gasteiger partial charge in [0.15, 0.2) is 0 Å². The molecule has 0 radical (unpaired) electrons. The van der Waals surface area contributed by atoms with Crippen LogP contribution < -0.4 is 5.73 Å². The van der Waals surface area contributed by atoms with Crippen molar-refractivity contribution in [2.24, 2.45) is 11.7 Å². The molecule has 0 saturated carbocycles. The van der Waals surface area contributed by atoms with Crippen molar-refractivity contribution in [1.29, 1.82) is 0 Å². The Morgan fingerprint density at radius 2 is 2.29 bits per heavy atom. The van der Waals surface area contributed by atoms with E-state index in [2.05, 4.69) is 41.5 Å². The molecule has 2 N–H and O–H groups in total. The zero-order valence-electron chi connectivity index (χ0n) is 11.1. The van der Waals surface area contributed by atoms with Gasteiger partial charge in [-0.3, -0.25) is 0 Å². The quantitative estimate of drug-likeness (QED) is 0.864. The SMILES string of the molecule is CC(C)C(N)c1cn(C[C@@H]2CCCN2C)cn1. The Morgan fingerprint density at radius 3 is 2.88 bits per heavy atom. The molecule has 0 spiro atoms. The van der Waals surface area contributed by atoms with E-state index in [9.17, 15) is 0 Å². The average Bonchev–Trinajstić information content (AvgIpc) is 2.88. The lowest BCUT2D eigenvalue weighted by molar-refractivity contribution is 0.282. The molecule has 1 saturated heterocycles. The van der Waals surface area contributed by atoms with E-state index in [1.165, 1.54) is 19.4 Å². The first-order chi connectivity index (χ1) is 8.08. The lowest BCUT2D eigenvalue weighted by Crippen LogP contribution is -2.28. The maximum absolute atomic E-state index is 6.10. The Bertz CT molecular complexity index is 358. The van der Waals surface area contributed by atoms with Crippen molar-refractivity contribution in [3.8, 4) is 0 Å². The van der Waals surface area contributed by atoms with Gasteiger partial charge in [-0.15, -0.1) is 0 Å². The normalized spacial score (nSPS) is 23.5. The smallest absolute Gasteiger partial charge is 0.0950 e. The number of hydrogen-bond acceptors (Lipinski definition) is 3. The largest absolute Gasteiger partial charge is 0.336 e. The van der Waals surface area contributed by atoms with Crippen LogP contribution in [-0.4, -0.2) is 34.1 Å². The second kappa shape index (κ2) is 5.19. The van der Waals surface area contributed by atoms with Crippen molar-refractivity contribution in [3.63, 3.8) is 0 Å². The highest BCUT2D eigenvalue weighted by Crippen LogP contribution is 2.19. The Kier molecular flexibility index (Phi) is 3.84. The van der Waals surface area contributed by atoms with Crippen molar-refractivity contribution in [1.82, 2.24) is 14.5 Å². The monoisotopic (exact) mass is 236 g/mol. The molecule has 2 atom stereocenters. The van der Waals surface area contributed by atoms with Gasteiger partial charge >= 0.3 is 0 Å². The summed E-state index contributed by atoms with van der Waals surface area (Å²) in [5, 5.41) is 0. The number of imidazole rings is 1. The molecule has 1 aromatic rings. The third-order valence-electron chi connectivity index (χ3n) is 3.81. The number of nitrogens with two attached hydrogens (primary N) is 1. The summed E-state index contributed by atoms with van der Waals surface area (Å²) in [6.07, 6.45) is 6.63. The fraction of sp³-hybridized carbons (Fsp3) is 0.769. The molecule has 17 heavy (non-hydrogen) atoms. The van der Waals surface area contributed by atoms with Gasteiger partial charge in [0.05, 0.1) is 18.1 Å². The van der Waals surface area contributed by atoms with Gasteiger partial charge in [-0.1, -0.05) is 13.8 Å². The third kappa shape index (κ3) is 2.87. The van der Waals surface area contributed by atoms with E-state index in [-0.39, 0.29) is 6.04 Å². The average molecular weight is 236 g/mol. The molecule has 2 heterocycles. The number of likely N-dealkylation sites (N-methyl/N-ethyl adjacent to an activating group) is 1. The molecular formula is C13H24N4. The molecule has 0 aromatic carbocycles. The summed E-state index contributed by atoms with van der Waals surface area (Å²) in [4.78, 5) is 6.86. The predicted molar refractivity (Wildman–Crippen MR) is 69.6 cm³/mol. The van der Waals surface area contributed by atoms with Crippen molar-refractivity contribution < 1.29 is 0 Å². The molecule has 1 unspecified atom stereocenters. The summed E-state index contributed by atoms with van der Waals surface area (Å²) in [5.74, 6) is 0.438. The van der Waals surface area contributed by atoms with Gasteiger partial charge < -0.3 is 15.2 Å². The van der Waals surface area contributed by atoms with Crippen LogP contribution in [0.15, 0.2) is 12.5 Å². The van der Waals surface area contributed by atoms with Crippen LogP contribution in [0.4, 0.5) is 0 Å². The summed E-state index contributed by atoms with van der Waals surface area (Å²) < 4.78 is 2.18. The fourth-order valence-electron chi connectivity index (χ4n) is 2.44. The summed E-state index contributed by atoms with van der Waals surface area (Å²) in [5.41, 5.74) is 7.11. The number of aromatic nitrogens is 2. The van der Waals surface area contributed by atoms with Crippen LogP contribution in [0, 0.1) is 5.92 Å². The Hall–Kier alpha value is -0.870. The first-order valence-corrected chi connectivity index (χ1v) is 6.55. The van der Waals surface area contributed by atoms with Crippen molar-refractivity contribution in [3.05, 3.63) is 18.2 Å². The molecular weight excluding hydrogens is 212 g/mol. The molecule has 4 heteroatoms. The molecule has 96 valence electrons. The third-order valence-corrected chi connectivity index (χ3v) is 3.81. The number of nitrogens with zero attached hydrogens (tertiary/aromatic N) is 3. The topological polar surface area (TPSA) is 47.1 Å². The van der Waals surface area contributed by atoms with E-state index >= 15 is 0 Å². The van der Waals surface area contributed by atoms with E-state index < -0.39 is 0 Å². The number of rotatable bonds is 4. The molecule has 1 aromatic heterocycles. The minimum Gasteiger partial charge on any atom is -0.336 e. The number of likely N-dealkylation sites (tertiary alicyclic amines) is 1. The zero-order chi connectivity index (χ0) is 12.4. The maximum Gasteiger partial charge on any atom is 0.0950 e. The highest BCUT2D eigenvalue weighted by Gasteiger charge is 2.21. The maximum atomic E-state index is 6.10. The molecule has 0 aliphatic carbocycles. The molecule has 1 aliphatic rings. The Labute approximate surface area is 104 Å². The summed E-state index contributed by atoms with van der Waals surface area (Å²) in [7, 11) is 2.20. The second-order valence-electron chi connectivity index (χ2n) is 5.54. The van der Waals surface area contributed by atoms with Crippen LogP contribution in [0.5, 0.6) is 0 Å². The lowest BCUT2D eigenvalue weighted by Gasteiger charge is -2.19. The van der Waals surface area contributed by atoms with Gasteiger partial charge in [0.2, 0.25) is 0 Å². The summed E-state index contributed by atoms with van der Waals surface area (Å²) in [6, 6.07) is 0.713. The van der Waals surface area contributed by atoms with Gasteiger partial charge in [0.1, 0.15) is 0 Å². The first kappa shape index (κ1) is 12.6. The highest BCUT2D eigenvalue weighted by molar-refractivity contribution is 5.04. The van der Waals surface area contributed by atoms with Crippen LogP contribution in [0.1, 0.15) is 38.4 Å². The Morgan fingerprint density at radius 1 is 1.53 bits per heavy atom. The lowest BCUT2D eigenvalue weighted by atomic mass is 10.0. The molecule has 1 aliphatic heterocycles. The second-order valence-corrected chi connectivity index (χ2v) is 5.54. The van der Waals surface area contributed by atoms with Crippen molar-refractivity contribution in [2.45, 2.75) is 45.3 Å². The van der Waals surface area contributed by atoms with E-state index in [1.54, 1.807) is 0 Å². The molecule has 0 bridgehead atoms. The van der Waals surface area contributed by atoms with Crippen LogP contribution >= 0.6 is 0 Å². The van der Waals surface area contributed by atoms with Crippen LogP contribution in [0.25, 0.3) is 0 Å².